The van der Waals surface area contributed by atoms with Gasteiger partial charge in [0.1, 0.15) is 0 Å². The monoisotopic (exact) mass is 346 g/mol. The molecule has 1 rings (SSSR count). The van der Waals surface area contributed by atoms with E-state index in [0.29, 0.717) is 5.02 Å². The summed E-state index contributed by atoms with van der Waals surface area (Å²) in [7, 11) is 0. The highest BCUT2D eigenvalue weighted by molar-refractivity contribution is 6.42. The molecule has 3 amide bonds. The fourth-order valence-electron chi connectivity index (χ4n) is 1.42. The second kappa shape index (κ2) is 8.00. The van der Waals surface area contributed by atoms with E-state index < -0.39 is 24.0 Å². The van der Waals surface area contributed by atoms with Gasteiger partial charge in [0.2, 0.25) is 0 Å². The van der Waals surface area contributed by atoms with E-state index in [9.17, 15) is 14.4 Å². The molecule has 1 aromatic rings. The quantitative estimate of drug-likeness (QED) is 0.821. The zero-order valence-corrected chi connectivity index (χ0v) is 13.8. The van der Waals surface area contributed by atoms with Crippen LogP contribution in [0.5, 0.6) is 0 Å². The number of ether oxygens (including phenoxy) is 1. The van der Waals surface area contributed by atoms with Crippen LogP contribution in [-0.4, -0.2) is 30.1 Å². The fraction of sp³-hybridized carbons (Fsp3) is 0.357. The lowest BCUT2D eigenvalue weighted by molar-refractivity contribution is -0.127. The van der Waals surface area contributed by atoms with Crippen molar-refractivity contribution in [2.45, 2.75) is 32.9 Å². The van der Waals surface area contributed by atoms with Gasteiger partial charge in [-0.1, -0.05) is 23.2 Å². The van der Waals surface area contributed by atoms with E-state index >= 15 is 0 Å². The van der Waals surface area contributed by atoms with Crippen molar-refractivity contribution in [1.82, 2.24) is 10.6 Å². The van der Waals surface area contributed by atoms with E-state index in [4.69, 9.17) is 27.9 Å². The highest BCUT2D eigenvalue weighted by Gasteiger charge is 2.21. The Hall–Kier alpha value is -1.79. The van der Waals surface area contributed by atoms with Crippen LogP contribution in [0.2, 0.25) is 10.0 Å². The zero-order chi connectivity index (χ0) is 16.9. The lowest BCUT2D eigenvalue weighted by atomic mass is 10.2. The Morgan fingerprint density at radius 1 is 1.09 bits per heavy atom. The van der Waals surface area contributed by atoms with Crippen molar-refractivity contribution in [3.05, 3.63) is 33.8 Å². The number of hydrogen-bond donors (Lipinski definition) is 2. The summed E-state index contributed by atoms with van der Waals surface area (Å²) in [5.74, 6) is -1.47. The van der Waals surface area contributed by atoms with Crippen LogP contribution in [0.4, 0.5) is 4.79 Å². The molecule has 1 aromatic carbocycles. The second-order valence-electron chi connectivity index (χ2n) is 4.79. The highest BCUT2D eigenvalue weighted by atomic mass is 35.5. The normalized spacial score (nSPS) is 11.7. The average Bonchev–Trinajstić information content (AvgIpc) is 2.40. The third kappa shape index (κ3) is 5.54. The number of nitrogens with one attached hydrogen (secondary N) is 2. The SMILES string of the molecule is CC(C)NC(=O)NC(=O)C(C)OC(=O)c1ccc(Cl)c(Cl)c1. The zero-order valence-electron chi connectivity index (χ0n) is 12.3. The lowest BCUT2D eigenvalue weighted by Crippen LogP contribution is -2.46. The maximum Gasteiger partial charge on any atom is 0.338 e. The van der Waals surface area contributed by atoms with Crippen LogP contribution in [0.1, 0.15) is 31.1 Å². The first-order valence-electron chi connectivity index (χ1n) is 6.48. The lowest BCUT2D eigenvalue weighted by Gasteiger charge is -2.14. The smallest absolute Gasteiger partial charge is 0.338 e. The molecule has 6 nitrogen and oxygen atoms in total. The molecule has 1 atom stereocenters. The predicted octanol–water partition coefficient (Wildman–Crippen LogP) is 2.77. The third-order valence-corrected chi connectivity index (χ3v) is 3.20. The topological polar surface area (TPSA) is 84.5 Å². The van der Waals surface area contributed by atoms with E-state index in [1.54, 1.807) is 13.8 Å². The first-order valence-corrected chi connectivity index (χ1v) is 7.23. The number of rotatable bonds is 4. The van der Waals surface area contributed by atoms with Gasteiger partial charge in [0.15, 0.2) is 6.10 Å². The Kier molecular flexibility index (Phi) is 6.64. The second-order valence-corrected chi connectivity index (χ2v) is 5.61. The van der Waals surface area contributed by atoms with Gasteiger partial charge >= 0.3 is 12.0 Å². The number of esters is 1. The highest BCUT2D eigenvalue weighted by Crippen LogP contribution is 2.23. The van der Waals surface area contributed by atoms with Crippen molar-refractivity contribution in [2.75, 3.05) is 0 Å². The molecule has 1 unspecified atom stereocenters. The van der Waals surface area contributed by atoms with Crippen molar-refractivity contribution in [1.29, 1.82) is 0 Å². The van der Waals surface area contributed by atoms with E-state index in [1.807, 2.05) is 0 Å². The molecule has 0 saturated carbocycles. The Bertz CT molecular complexity index is 590. The van der Waals surface area contributed by atoms with E-state index in [0.717, 1.165) is 0 Å². The van der Waals surface area contributed by atoms with Crippen LogP contribution in [0.3, 0.4) is 0 Å². The van der Waals surface area contributed by atoms with Gasteiger partial charge in [0.05, 0.1) is 15.6 Å². The van der Waals surface area contributed by atoms with Gasteiger partial charge in [-0.15, -0.1) is 0 Å². The van der Waals surface area contributed by atoms with E-state index in [2.05, 4.69) is 10.6 Å². The molecule has 0 bridgehead atoms. The summed E-state index contributed by atoms with van der Waals surface area (Å²) in [5.41, 5.74) is 0.153. The molecule has 0 aromatic heterocycles. The molecule has 120 valence electrons. The van der Waals surface area contributed by atoms with Gasteiger partial charge in [-0.2, -0.15) is 0 Å². The van der Waals surface area contributed by atoms with Crippen molar-refractivity contribution in [3.63, 3.8) is 0 Å². The summed E-state index contributed by atoms with van der Waals surface area (Å²) < 4.78 is 4.97. The van der Waals surface area contributed by atoms with Gasteiger partial charge in [-0.25, -0.2) is 9.59 Å². The number of urea groups is 1. The largest absolute Gasteiger partial charge is 0.449 e. The molecule has 8 heteroatoms. The van der Waals surface area contributed by atoms with Crippen molar-refractivity contribution < 1.29 is 19.1 Å². The molecule has 0 aliphatic rings. The third-order valence-electron chi connectivity index (χ3n) is 2.46. The molecular formula is C14H16Cl2N2O4. The van der Waals surface area contributed by atoms with Crippen LogP contribution in [0, 0.1) is 0 Å². The number of halogens is 2. The van der Waals surface area contributed by atoms with Crippen molar-refractivity contribution in [2.24, 2.45) is 0 Å². The Morgan fingerprint density at radius 3 is 2.27 bits per heavy atom. The molecule has 0 saturated heterocycles. The molecular weight excluding hydrogens is 331 g/mol. The van der Waals surface area contributed by atoms with Gasteiger partial charge < -0.3 is 10.1 Å². The Balaban J connectivity index is 2.61. The summed E-state index contributed by atoms with van der Waals surface area (Å²) >= 11 is 11.5. The number of carbonyl (C=O) groups excluding carboxylic acids is 3. The first-order chi connectivity index (χ1) is 10.2. The van der Waals surface area contributed by atoms with Crippen LogP contribution in [0.25, 0.3) is 0 Å². The summed E-state index contributed by atoms with van der Waals surface area (Å²) in [6.45, 7) is 4.85. The minimum Gasteiger partial charge on any atom is -0.449 e. The number of hydrogen-bond acceptors (Lipinski definition) is 4. The van der Waals surface area contributed by atoms with Gasteiger partial charge in [0.25, 0.3) is 5.91 Å². The van der Waals surface area contributed by atoms with E-state index in [1.165, 1.54) is 25.1 Å². The van der Waals surface area contributed by atoms with Crippen LogP contribution >= 0.6 is 23.2 Å². The van der Waals surface area contributed by atoms with Crippen molar-refractivity contribution in [3.8, 4) is 0 Å². The maximum atomic E-state index is 11.9. The molecule has 0 aliphatic heterocycles. The molecule has 22 heavy (non-hydrogen) atoms. The Labute approximate surface area is 138 Å². The average molecular weight is 347 g/mol. The van der Waals surface area contributed by atoms with E-state index in [-0.39, 0.29) is 16.6 Å². The van der Waals surface area contributed by atoms with Crippen LogP contribution < -0.4 is 10.6 Å². The summed E-state index contributed by atoms with van der Waals surface area (Å²) in [5, 5.41) is 5.06. The van der Waals surface area contributed by atoms with Gasteiger partial charge in [-0.05, 0) is 39.0 Å². The maximum absolute atomic E-state index is 11.9. The number of carbonyl (C=O) groups is 3. The number of amides is 3. The molecule has 2 N–H and O–H groups in total. The summed E-state index contributed by atoms with van der Waals surface area (Å²) in [6.07, 6.45) is -1.14. The number of imide groups is 1. The minimum absolute atomic E-state index is 0.123. The number of benzene rings is 1. The molecule has 0 heterocycles. The van der Waals surface area contributed by atoms with Crippen LogP contribution in [-0.2, 0) is 9.53 Å². The molecule has 0 spiro atoms. The van der Waals surface area contributed by atoms with Crippen molar-refractivity contribution >= 4 is 41.1 Å². The molecule has 0 radical (unpaired) electrons. The summed E-state index contributed by atoms with van der Waals surface area (Å²) in [4.78, 5) is 35.0. The fourth-order valence-corrected chi connectivity index (χ4v) is 1.72. The Morgan fingerprint density at radius 2 is 1.73 bits per heavy atom. The van der Waals surface area contributed by atoms with Gasteiger partial charge in [-0.3, -0.25) is 10.1 Å². The molecule has 0 fully saturated rings. The minimum atomic E-state index is -1.14. The first kappa shape index (κ1) is 18.3. The summed E-state index contributed by atoms with van der Waals surface area (Å²) in [6, 6.07) is 3.43. The standard InChI is InChI=1S/C14H16Cl2N2O4/c1-7(2)17-14(21)18-12(19)8(3)22-13(20)9-4-5-10(15)11(16)6-9/h4-8H,1-3H3,(H2,17,18,19,21). The van der Waals surface area contributed by atoms with Crippen LogP contribution in [0.15, 0.2) is 18.2 Å². The molecule has 0 aliphatic carbocycles. The predicted molar refractivity (Wildman–Crippen MR) is 83.1 cm³/mol. The van der Waals surface area contributed by atoms with Gasteiger partial charge in [0, 0.05) is 6.04 Å².